The van der Waals surface area contributed by atoms with Crippen LogP contribution in [0, 0.1) is 17.8 Å². The van der Waals surface area contributed by atoms with E-state index in [0.29, 0.717) is 34.3 Å². The highest BCUT2D eigenvalue weighted by Gasteiger charge is 2.49. The molecule has 3 atom stereocenters. The minimum atomic E-state index is -5.10. The Balaban J connectivity index is 1.37. The molecule has 0 bridgehead atoms. The summed E-state index contributed by atoms with van der Waals surface area (Å²) in [6, 6.07) is 1.31. The largest absolute Gasteiger partial charge is 0.412 e. The molecule has 1 aromatic carbocycles. The summed E-state index contributed by atoms with van der Waals surface area (Å²) >= 11 is 0. The van der Waals surface area contributed by atoms with Crippen LogP contribution in [-0.4, -0.2) is 57.6 Å². The van der Waals surface area contributed by atoms with E-state index in [1.807, 2.05) is 13.8 Å². The van der Waals surface area contributed by atoms with Crippen molar-refractivity contribution in [1.29, 1.82) is 0 Å². The van der Waals surface area contributed by atoms with Crippen LogP contribution in [0.25, 0.3) is 0 Å². The second-order valence-electron chi connectivity index (χ2n) is 11.6. The zero-order chi connectivity index (χ0) is 32.1. The van der Waals surface area contributed by atoms with E-state index in [2.05, 4.69) is 15.7 Å². The Morgan fingerprint density at radius 3 is 2.39 bits per heavy atom. The minimum Gasteiger partial charge on any atom is -0.339 e. The molecule has 3 aliphatic carbocycles. The van der Waals surface area contributed by atoms with Gasteiger partial charge in [0.1, 0.15) is 11.7 Å². The Morgan fingerprint density at radius 2 is 1.80 bits per heavy atom. The number of nitrogens with one attached hydrogen (secondary N) is 2. The van der Waals surface area contributed by atoms with Crippen molar-refractivity contribution in [2.45, 2.75) is 82.7 Å². The summed E-state index contributed by atoms with van der Waals surface area (Å²) in [7, 11) is 0. The molecule has 0 spiro atoms. The number of fused-ring (bicyclic) bond motifs is 1. The monoisotopic (exact) mass is 577 g/mol. The van der Waals surface area contributed by atoms with E-state index in [4.69, 9.17) is 9.85 Å². The molecule has 0 radical (unpaired) electrons. The molecule has 222 valence electrons. The highest BCUT2D eigenvalue weighted by Crippen LogP contribution is 2.51. The van der Waals surface area contributed by atoms with Crippen LogP contribution in [0.5, 0.6) is 0 Å². The highest BCUT2D eigenvalue weighted by atomic mass is 19.4. The number of carbonyl (C=O) groups excluding carboxylic acids is 3. The molecule has 12 heteroatoms. The lowest BCUT2D eigenvalue weighted by Crippen LogP contribution is -2.51. The Bertz CT molecular complexity index is 1410. The molecule has 1 unspecified atom stereocenters. The van der Waals surface area contributed by atoms with Gasteiger partial charge >= 0.3 is 6.18 Å². The molecule has 3 aliphatic rings. The lowest BCUT2D eigenvalue weighted by atomic mass is 9.88. The first-order valence-electron chi connectivity index (χ1n) is 15.5. The zero-order valence-electron chi connectivity index (χ0n) is 25.9. The summed E-state index contributed by atoms with van der Waals surface area (Å²) in [6.45, 7) is 0.652. The van der Waals surface area contributed by atoms with E-state index < -0.39 is 43.1 Å². The van der Waals surface area contributed by atoms with Crippen LogP contribution in [0.1, 0.15) is 83.8 Å². The van der Waals surface area contributed by atoms with E-state index in [9.17, 15) is 27.6 Å². The summed E-state index contributed by atoms with van der Waals surface area (Å²) in [5, 5.41) is 10.1. The van der Waals surface area contributed by atoms with Crippen LogP contribution in [0.3, 0.4) is 0 Å². The maximum absolute atomic E-state index is 13.8. The average molecular weight is 578 g/mol. The summed E-state index contributed by atoms with van der Waals surface area (Å²) in [4.78, 5) is 40.1. The number of amides is 3. The first kappa shape index (κ1) is 25.3. The maximum Gasteiger partial charge on any atom is 0.412 e. The van der Waals surface area contributed by atoms with Crippen molar-refractivity contribution in [3.8, 4) is 0 Å². The van der Waals surface area contributed by atoms with Gasteiger partial charge in [-0.2, -0.15) is 18.3 Å². The van der Waals surface area contributed by atoms with Crippen LogP contribution in [0.4, 0.5) is 18.9 Å². The van der Waals surface area contributed by atoms with Crippen LogP contribution in [0.2, 0.25) is 0 Å². The molecule has 41 heavy (non-hydrogen) atoms. The average Bonchev–Trinajstić information content (AvgIpc) is 3.86. The molecule has 1 aromatic heterocycles. The Hall–Kier alpha value is -3.41. The second-order valence-corrected chi connectivity index (χ2v) is 11.6. The van der Waals surface area contributed by atoms with Gasteiger partial charge in [-0.05, 0) is 99.5 Å². The van der Waals surface area contributed by atoms with Gasteiger partial charge in [0.2, 0.25) is 11.8 Å². The predicted molar refractivity (Wildman–Crippen MR) is 146 cm³/mol. The molecule has 3 amide bonds. The first-order chi connectivity index (χ1) is 20.6. The SMILES string of the molecule is [2H]C([2H])([2H])N(C(=O)C(N)C(F)(F)F)[C@@H]1CCc2cc(NC(=O)[C@@H](NC(=O)c3ccnn3C(C)C)C(C3CC3)C3CC3)ccc21. The van der Waals surface area contributed by atoms with Gasteiger partial charge in [-0.15, -0.1) is 0 Å². The molecule has 1 heterocycles. The van der Waals surface area contributed by atoms with Crippen molar-refractivity contribution >= 4 is 23.4 Å². The van der Waals surface area contributed by atoms with E-state index in [1.165, 1.54) is 12.1 Å². The number of anilines is 1. The van der Waals surface area contributed by atoms with Crippen molar-refractivity contribution < 1.29 is 31.7 Å². The summed E-state index contributed by atoms with van der Waals surface area (Å²) in [6.07, 6.45) is 0.743. The summed E-state index contributed by atoms with van der Waals surface area (Å²) < 4.78 is 64.6. The van der Waals surface area contributed by atoms with E-state index in [1.54, 1.807) is 23.0 Å². The molecule has 9 nitrogen and oxygen atoms in total. The maximum atomic E-state index is 13.8. The lowest BCUT2D eigenvalue weighted by molar-refractivity contribution is -0.170. The lowest BCUT2D eigenvalue weighted by Gasteiger charge is -2.29. The Kier molecular flexibility index (Phi) is 6.86. The zero-order valence-corrected chi connectivity index (χ0v) is 22.9. The topological polar surface area (TPSA) is 122 Å². The van der Waals surface area contributed by atoms with Gasteiger partial charge < -0.3 is 21.3 Å². The number of halogens is 3. The molecule has 2 aromatic rings. The Labute approximate surface area is 241 Å². The third-order valence-electron chi connectivity index (χ3n) is 8.30. The summed E-state index contributed by atoms with van der Waals surface area (Å²) in [5.74, 6) is -1.86. The van der Waals surface area contributed by atoms with Gasteiger partial charge in [-0.25, -0.2) is 0 Å². The number of likely N-dealkylation sites (N-methyl/N-ethyl adjacent to an activating group) is 1. The van der Waals surface area contributed by atoms with Gasteiger partial charge in [0.25, 0.3) is 5.91 Å². The number of nitrogens with zero attached hydrogens (tertiary/aromatic N) is 3. The van der Waals surface area contributed by atoms with Gasteiger partial charge in [-0.1, -0.05) is 6.07 Å². The molecule has 5 rings (SSSR count). The number of aromatic nitrogens is 2. The quantitative estimate of drug-likeness (QED) is 0.395. The third-order valence-corrected chi connectivity index (χ3v) is 8.30. The fraction of sp³-hybridized carbons (Fsp3) is 0.586. The van der Waals surface area contributed by atoms with Crippen LogP contribution in [-0.2, 0) is 16.0 Å². The molecular weight excluding hydrogens is 537 g/mol. The Morgan fingerprint density at radius 1 is 1.12 bits per heavy atom. The molecule has 0 saturated heterocycles. The summed E-state index contributed by atoms with van der Waals surface area (Å²) in [5.41, 5.74) is 6.82. The van der Waals surface area contributed by atoms with E-state index in [0.717, 1.165) is 25.7 Å². The van der Waals surface area contributed by atoms with Crippen molar-refractivity contribution in [3.63, 3.8) is 0 Å². The third kappa shape index (κ3) is 6.12. The van der Waals surface area contributed by atoms with Crippen molar-refractivity contribution in [2.75, 3.05) is 12.3 Å². The van der Waals surface area contributed by atoms with Crippen LogP contribution < -0.4 is 16.4 Å². The van der Waals surface area contributed by atoms with E-state index in [-0.39, 0.29) is 35.6 Å². The number of rotatable bonds is 10. The second kappa shape index (κ2) is 11.1. The van der Waals surface area contributed by atoms with Gasteiger partial charge in [-0.3, -0.25) is 19.1 Å². The van der Waals surface area contributed by atoms with Crippen molar-refractivity contribution in [3.05, 3.63) is 47.3 Å². The smallest absolute Gasteiger partial charge is 0.339 e. The number of alkyl halides is 3. The van der Waals surface area contributed by atoms with Gasteiger partial charge in [0, 0.05) is 29.0 Å². The standard InChI is InChI=1S/C29H37F3N6O3/c1-15(2)38-22(12-13-34-38)26(39)36-24(23(16-4-5-16)17-6-7-17)27(40)35-19-9-10-20-18(14-19)8-11-21(20)37(3)28(41)25(33)29(30,31)32/h9-10,12-17,21,23-25H,4-8,11,33H2,1-3H3,(H,35,40)(H,36,39)/t21-,24+,25?/m1/s1/i3D3. The number of hydrogen-bond donors (Lipinski definition) is 3. The fourth-order valence-corrected chi connectivity index (χ4v) is 5.95. The first-order valence-corrected chi connectivity index (χ1v) is 14.0. The number of carbonyl (C=O) groups is 3. The van der Waals surface area contributed by atoms with Gasteiger partial charge in [0.05, 0.1) is 6.04 Å². The van der Waals surface area contributed by atoms with Gasteiger partial charge in [0.15, 0.2) is 6.04 Å². The minimum absolute atomic E-state index is 0.0233. The predicted octanol–water partition coefficient (Wildman–Crippen LogP) is 3.97. The molecular formula is C29H37F3N6O3. The number of nitrogens with two attached hydrogens (primary N) is 1. The van der Waals surface area contributed by atoms with Crippen LogP contribution in [0.15, 0.2) is 30.5 Å². The molecule has 0 aliphatic heterocycles. The van der Waals surface area contributed by atoms with Crippen LogP contribution >= 0.6 is 0 Å². The number of benzene rings is 1. The molecule has 4 N–H and O–H groups in total. The van der Waals surface area contributed by atoms with Crippen molar-refractivity contribution in [2.24, 2.45) is 23.5 Å². The molecule has 2 saturated carbocycles. The number of aryl methyl sites for hydroxylation is 1. The fourth-order valence-electron chi connectivity index (χ4n) is 5.95. The normalized spacial score (nSPS) is 21.5. The number of hydrogen-bond acceptors (Lipinski definition) is 5. The van der Waals surface area contributed by atoms with Crippen molar-refractivity contribution in [1.82, 2.24) is 20.0 Å². The molecule has 2 fully saturated rings. The van der Waals surface area contributed by atoms with E-state index >= 15 is 0 Å². The highest BCUT2D eigenvalue weighted by molar-refractivity contribution is 6.01.